The molecule has 0 bridgehead atoms. The number of benzene rings is 2. The molecule has 2 aromatic rings. The van der Waals surface area contributed by atoms with Gasteiger partial charge in [-0.05, 0) is 55.3 Å². The predicted octanol–water partition coefficient (Wildman–Crippen LogP) is 2.36. The Labute approximate surface area is 240 Å². The number of hydrogen-bond donors (Lipinski definition) is 3. The van der Waals surface area contributed by atoms with Crippen LogP contribution in [0.3, 0.4) is 0 Å². The highest BCUT2D eigenvalue weighted by molar-refractivity contribution is 7.92. The summed E-state index contributed by atoms with van der Waals surface area (Å²) in [5.41, 5.74) is 1.16. The zero-order chi connectivity index (χ0) is 31.1. The van der Waals surface area contributed by atoms with Gasteiger partial charge in [0, 0.05) is 51.9 Å². The molecular weight excluding hydrogens is 586 g/mol. The molecule has 0 saturated carbocycles. The number of rotatable bonds is 7. The average molecular weight is 618 g/mol. The number of carboxylic acids is 1. The van der Waals surface area contributed by atoms with Crippen LogP contribution in [0, 0.1) is 5.82 Å². The monoisotopic (exact) mass is 617 g/mol. The van der Waals surface area contributed by atoms with Crippen molar-refractivity contribution in [2.24, 2.45) is 0 Å². The Morgan fingerprint density at radius 1 is 1.00 bits per heavy atom. The van der Waals surface area contributed by atoms with Crippen molar-refractivity contribution in [3.8, 4) is 0 Å². The minimum absolute atomic E-state index is 0.0466. The number of aliphatic carboxylic acids is 1. The Morgan fingerprint density at radius 3 is 2.12 bits per heavy atom. The molecule has 0 unspecified atom stereocenters. The van der Waals surface area contributed by atoms with Gasteiger partial charge in [-0.1, -0.05) is 0 Å². The fraction of sp³-hybridized carbons (Fsp3) is 0.423. The lowest BCUT2D eigenvalue weighted by molar-refractivity contribution is -0.192. The third-order valence-corrected chi connectivity index (χ3v) is 7.87. The van der Waals surface area contributed by atoms with E-state index in [9.17, 15) is 35.6 Å². The lowest BCUT2D eigenvalue weighted by Crippen LogP contribution is -2.44. The highest BCUT2D eigenvalue weighted by Crippen LogP contribution is 2.30. The summed E-state index contributed by atoms with van der Waals surface area (Å²) in [4.78, 5) is 39.5. The van der Waals surface area contributed by atoms with E-state index < -0.39 is 28.0 Å². The standard InChI is InChI=1S/C24H30FN5O4S.C2HF3O2/c1-28(17-23(31)30-12-2-3-13-30)24(32)18-4-9-22(29-14-10-26-11-15-29)21(16-18)27-35(33,34)20-7-5-19(25)6-8-20;3-2(4,5)1(6)7/h4-9,16,26-27H,2-3,10-15,17H2,1H3;(H,6,7). The molecule has 0 spiro atoms. The molecule has 16 heteroatoms. The van der Waals surface area contributed by atoms with Gasteiger partial charge in [-0.25, -0.2) is 17.6 Å². The Hall–Kier alpha value is -3.92. The Bertz CT molecular complexity index is 1380. The van der Waals surface area contributed by atoms with Crippen LogP contribution in [-0.2, 0) is 19.6 Å². The number of likely N-dealkylation sites (N-methyl/N-ethyl adjacent to an activating group) is 1. The largest absolute Gasteiger partial charge is 0.490 e. The van der Waals surface area contributed by atoms with E-state index in [2.05, 4.69) is 10.0 Å². The third-order valence-electron chi connectivity index (χ3n) is 6.49. The predicted molar refractivity (Wildman–Crippen MR) is 145 cm³/mol. The summed E-state index contributed by atoms with van der Waals surface area (Å²) >= 11 is 0. The first kappa shape index (κ1) is 32.6. The van der Waals surface area contributed by atoms with Gasteiger partial charge in [0.15, 0.2) is 0 Å². The molecule has 3 N–H and O–H groups in total. The molecule has 11 nitrogen and oxygen atoms in total. The third kappa shape index (κ3) is 8.79. The molecule has 0 atom stereocenters. The van der Waals surface area contributed by atoms with Crippen molar-refractivity contribution >= 4 is 39.2 Å². The number of carbonyl (C=O) groups excluding carboxylic acids is 2. The van der Waals surface area contributed by atoms with Gasteiger partial charge in [0.25, 0.3) is 15.9 Å². The van der Waals surface area contributed by atoms with Gasteiger partial charge in [0.05, 0.1) is 22.8 Å². The van der Waals surface area contributed by atoms with Crippen LogP contribution in [0.5, 0.6) is 0 Å². The highest BCUT2D eigenvalue weighted by Gasteiger charge is 2.38. The summed E-state index contributed by atoms with van der Waals surface area (Å²) in [6.45, 7) is 4.18. The second-order valence-electron chi connectivity index (χ2n) is 9.58. The second-order valence-corrected chi connectivity index (χ2v) is 11.3. The number of carbonyl (C=O) groups is 3. The van der Waals surface area contributed by atoms with E-state index in [1.54, 1.807) is 24.1 Å². The van der Waals surface area contributed by atoms with E-state index in [4.69, 9.17) is 9.90 Å². The van der Waals surface area contributed by atoms with E-state index in [1.807, 2.05) is 4.90 Å². The Morgan fingerprint density at radius 2 is 1.57 bits per heavy atom. The zero-order valence-electron chi connectivity index (χ0n) is 22.7. The number of nitrogens with zero attached hydrogens (tertiary/aromatic N) is 3. The van der Waals surface area contributed by atoms with Crippen LogP contribution >= 0.6 is 0 Å². The van der Waals surface area contributed by atoms with Gasteiger partial charge in [-0.3, -0.25) is 14.3 Å². The lowest BCUT2D eigenvalue weighted by atomic mass is 10.1. The van der Waals surface area contributed by atoms with Crippen molar-refractivity contribution in [3.63, 3.8) is 0 Å². The maximum atomic E-state index is 13.3. The van der Waals surface area contributed by atoms with Gasteiger partial charge in [-0.15, -0.1) is 0 Å². The quantitative estimate of drug-likeness (QED) is 0.403. The zero-order valence-corrected chi connectivity index (χ0v) is 23.5. The van der Waals surface area contributed by atoms with E-state index in [0.717, 1.165) is 38.1 Å². The first-order valence-corrected chi connectivity index (χ1v) is 14.4. The minimum Gasteiger partial charge on any atom is -0.475 e. The molecule has 42 heavy (non-hydrogen) atoms. The van der Waals surface area contributed by atoms with Gasteiger partial charge in [0.2, 0.25) is 5.91 Å². The first-order valence-electron chi connectivity index (χ1n) is 12.9. The fourth-order valence-corrected chi connectivity index (χ4v) is 5.38. The summed E-state index contributed by atoms with van der Waals surface area (Å²) in [5, 5.41) is 10.4. The summed E-state index contributed by atoms with van der Waals surface area (Å²) in [6.07, 6.45) is -3.15. The number of sulfonamides is 1. The molecule has 2 saturated heterocycles. The van der Waals surface area contributed by atoms with Crippen molar-refractivity contribution in [1.82, 2.24) is 15.1 Å². The number of alkyl halides is 3. The number of carboxylic acid groups (broad SMARTS) is 1. The van der Waals surface area contributed by atoms with Crippen LogP contribution in [0.4, 0.5) is 28.9 Å². The molecule has 2 aliphatic rings. The van der Waals surface area contributed by atoms with Gasteiger partial charge < -0.3 is 25.1 Å². The molecule has 4 rings (SSSR count). The molecular formula is C26H31F4N5O6S. The molecule has 2 aliphatic heterocycles. The molecule has 0 aliphatic carbocycles. The summed E-state index contributed by atoms with van der Waals surface area (Å²) < 4.78 is 73.7. The van der Waals surface area contributed by atoms with E-state index in [1.165, 1.54) is 23.1 Å². The first-order chi connectivity index (χ1) is 19.7. The number of halogens is 4. The van der Waals surface area contributed by atoms with Crippen molar-refractivity contribution in [2.75, 3.05) is 62.5 Å². The van der Waals surface area contributed by atoms with Crippen LogP contribution in [0.1, 0.15) is 23.2 Å². The normalized spacial score (nSPS) is 15.5. The van der Waals surface area contributed by atoms with Crippen LogP contribution in [0.25, 0.3) is 0 Å². The Balaban J connectivity index is 0.000000616. The van der Waals surface area contributed by atoms with Crippen LogP contribution in [-0.4, -0.2) is 100 Å². The van der Waals surface area contributed by atoms with Crippen LogP contribution in [0.2, 0.25) is 0 Å². The van der Waals surface area contributed by atoms with Gasteiger partial charge in [-0.2, -0.15) is 13.2 Å². The van der Waals surface area contributed by atoms with Crippen molar-refractivity contribution < 1.29 is 45.5 Å². The van der Waals surface area contributed by atoms with Crippen molar-refractivity contribution in [2.45, 2.75) is 23.9 Å². The number of nitrogens with one attached hydrogen (secondary N) is 2. The average Bonchev–Trinajstić information content (AvgIpc) is 3.48. The number of hydrogen-bond acceptors (Lipinski definition) is 7. The van der Waals surface area contributed by atoms with Crippen LogP contribution < -0.4 is 14.9 Å². The van der Waals surface area contributed by atoms with Crippen LogP contribution in [0.15, 0.2) is 47.4 Å². The molecule has 2 aromatic carbocycles. The van der Waals surface area contributed by atoms with E-state index >= 15 is 0 Å². The summed E-state index contributed by atoms with van der Waals surface area (Å²) in [5.74, 6) is -3.78. The Kier molecular flexibility index (Phi) is 10.7. The number of anilines is 2. The second kappa shape index (κ2) is 13.8. The van der Waals surface area contributed by atoms with Crippen molar-refractivity contribution in [3.05, 3.63) is 53.8 Å². The van der Waals surface area contributed by atoms with Gasteiger partial charge >= 0.3 is 12.1 Å². The summed E-state index contributed by atoms with van der Waals surface area (Å²) in [6, 6.07) is 9.40. The molecule has 2 amide bonds. The van der Waals surface area contributed by atoms with E-state index in [-0.39, 0.29) is 34.5 Å². The maximum Gasteiger partial charge on any atom is 0.490 e. The minimum atomic E-state index is -5.08. The van der Waals surface area contributed by atoms with E-state index in [0.29, 0.717) is 31.9 Å². The smallest absolute Gasteiger partial charge is 0.475 e. The number of amides is 2. The molecule has 2 fully saturated rings. The summed E-state index contributed by atoms with van der Waals surface area (Å²) in [7, 11) is -2.47. The van der Waals surface area contributed by atoms with Gasteiger partial charge in [0.1, 0.15) is 5.82 Å². The molecule has 2 heterocycles. The number of likely N-dealkylation sites (tertiary alicyclic amines) is 1. The lowest BCUT2D eigenvalue weighted by Gasteiger charge is -2.31. The maximum absolute atomic E-state index is 13.3. The van der Waals surface area contributed by atoms with Crippen molar-refractivity contribution in [1.29, 1.82) is 0 Å². The fourth-order valence-electron chi connectivity index (χ4n) is 4.31. The molecule has 0 aromatic heterocycles. The highest BCUT2D eigenvalue weighted by atomic mass is 32.2. The topological polar surface area (TPSA) is 139 Å². The molecule has 0 radical (unpaired) electrons. The SMILES string of the molecule is CN(CC(=O)N1CCCC1)C(=O)c1ccc(N2CCNCC2)c(NS(=O)(=O)c2ccc(F)cc2)c1.O=C(O)C(F)(F)F. The molecule has 230 valence electrons. The number of piperazine rings is 1.